The lowest BCUT2D eigenvalue weighted by Crippen LogP contribution is -2.23. The van der Waals surface area contributed by atoms with Gasteiger partial charge in [-0.1, -0.05) is 17.7 Å². The van der Waals surface area contributed by atoms with Gasteiger partial charge in [-0.3, -0.25) is 0 Å². The van der Waals surface area contributed by atoms with E-state index in [1.165, 1.54) is 6.92 Å². The number of hydrogen-bond donors (Lipinski definition) is 2. The largest absolute Gasteiger partial charge is 0.479 e. The van der Waals surface area contributed by atoms with Crippen molar-refractivity contribution >= 4 is 17.6 Å². The molecule has 88 valence electrons. The van der Waals surface area contributed by atoms with Gasteiger partial charge in [0, 0.05) is 17.1 Å². The van der Waals surface area contributed by atoms with Crippen LogP contribution in [0.4, 0.5) is 0 Å². The van der Waals surface area contributed by atoms with E-state index in [1.807, 2.05) is 0 Å². The second kappa shape index (κ2) is 5.72. The lowest BCUT2D eigenvalue weighted by molar-refractivity contribution is -0.144. The summed E-state index contributed by atoms with van der Waals surface area (Å²) in [5, 5.41) is 12.3. The van der Waals surface area contributed by atoms with Crippen LogP contribution in [0.5, 0.6) is 5.75 Å². The van der Waals surface area contributed by atoms with Gasteiger partial charge in [0.15, 0.2) is 6.10 Å². The number of hydrogen-bond acceptors (Lipinski definition) is 3. The lowest BCUT2D eigenvalue weighted by atomic mass is 10.2. The number of nitrogens with one attached hydrogen (secondary N) is 1. The lowest BCUT2D eigenvalue weighted by Gasteiger charge is -2.15. The minimum Gasteiger partial charge on any atom is -0.479 e. The van der Waals surface area contributed by atoms with E-state index in [9.17, 15) is 4.79 Å². The van der Waals surface area contributed by atoms with E-state index in [2.05, 4.69) is 5.32 Å². The zero-order valence-electron chi connectivity index (χ0n) is 9.16. The van der Waals surface area contributed by atoms with Gasteiger partial charge in [0.05, 0.1) is 0 Å². The predicted octanol–water partition coefficient (Wildman–Crippen LogP) is 1.91. The molecular formula is C11H14ClNO3. The standard InChI is InChI=1S/C11H14ClNO3/c1-7(11(14)15)16-10-5-3-4-9(12)8(10)6-13-2/h3-5,7,13H,6H2,1-2H3,(H,14,15). The van der Waals surface area contributed by atoms with Gasteiger partial charge in [-0.2, -0.15) is 0 Å². The Bertz CT molecular complexity index is 381. The summed E-state index contributed by atoms with van der Waals surface area (Å²) < 4.78 is 5.32. The van der Waals surface area contributed by atoms with Crippen LogP contribution in [-0.2, 0) is 11.3 Å². The Kier molecular flexibility index (Phi) is 4.58. The minimum atomic E-state index is -1.00. The highest BCUT2D eigenvalue weighted by Gasteiger charge is 2.15. The quantitative estimate of drug-likeness (QED) is 0.830. The van der Waals surface area contributed by atoms with E-state index in [-0.39, 0.29) is 0 Å². The SMILES string of the molecule is CNCc1c(Cl)cccc1OC(C)C(=O)O. The molecule has 0 aromatic heterocycles. The molecule has 0 heterocycles. The molecule has 2 N–H and O–H groups in total. The molecular weight excluding hydrogens is 230 g/mol. The molecule has 0 aliphatic heterocycles. The van der Waals surface area contributed by atoms with Crippen LogP contribution in [-0.4, -0.2) is 24.2 Å². The van der Waals surface area contributed by atoms with E-state index in [4.69, 9.17) is 21.4 Å². The Morgan fingerprint density at radius 1 is 1.62 bits per heavy atom. The highest BCUT2D eigenvalue weighted by Crippen LogP contribution is 2.27. The Hall–Kier alpha value is -1.26. The molecule has 0 spiro atoms. The normalized spacial score (nSPS) is 12.2. The number of carboxylic acid groups (broad SMARTS) is 1. The second-order valence-corrected chi connectivity index (χ2v) is 3.75. The summed E-state index contributed by atoms with van der Waals surface area (Å²) in [5.41, 5.74) is 0.764. The Balaban J connectivity index is 2.94. The van der Waals surface area contributed by atoms with Gasteiger partial charge in [-0.15, -0.1) is 0 Å². The van der Waals surface area contributed by atoms with Crippen molar-refractivity contribution in [3.8, 4) is 5.75 Å². The first kappa shape index (κ1) is 12.8. The van der Waals surface area contributed by atoms with E-state index < -0.39 is 12.1 Å². The Morgan fingerprint density at radius 2 is 2.31 bits per heavy atom. The summed E-state index contributed by atoms with van der Waals surface area (Å²) >= 11 is 6.00. The fraction of sp³-hybridized carbons (Fsp3) is 0.364. The second-order valence-electron chi connectivity index (χ2n) is 3.35. The fourth-order valence-electron chi connectivity index (χ4n) is 1.24. The first-order valence-corrected chi connectivity index (χ1v) is 5.25. The molecule has 1 rings (SSSR count). The smallest absolute Gasteiger partial charge is 0.344 e. The van der Waals surface area contributed by atoms with Crippen LogP contribution in [0.3, 0.4) is 0 Å². The highest BCUT2D eigenvalue weighted by molar-refractivity contribution is 6.31. The van der Waals surface area contributed by atoms with Gasteiger partial charge in [-0.25, -0.2) is 4.79 Å². The number of halogens is 1. The zero-order chi connectivity index (χ0) is 12.1. The molecule has 0 aliphatic carbocycles. The van der Waals surface area contributed by atoms with Gasteiger partial charge in [-0.05, 0) is 26.1 Å². The van der Waals surface area contributed by atoms with E-state index in [1.54, 1.807) is 25.2 Å². The molecule has 1 aromatic rings. The van der Waals surface area contributed by atoms with Crippen LogP contribution in [0.1, 0.15) is 12.5 Å². The maximum Gasteiger partial charge on any atom is 0.344 e. The van der Waals surface area contributed by atoms with Crippen molar-refractivity contribution in [1.82, 2.24) is 5.32 Å². The number of benzene rings is 1. The van der Waals surface area contributed by atoms with Gasteiger partial charge in [0.25, 0.3) is 0 Å². The van der Waals surface area contributed by atoms with Crippen LogP contribution >= 0.6 is 11.6 Å². The van der Waals surface area contributed by atoms with Crippen molar-refractivity contribution in [2.24, 2.45) is 0 Å². The van der Waals surface area contributed by atoms with Crippen LogP contribution in [0.25, 0.3) is 0 Å². The maximum atomic E-state index is 10.7. The molecule has 0 aliphatic rings. The van der Waals surface area contributed by atoms with Crippen LogP contribution in [0, 0.1) is 0 Å². The van der Waals surface area contributed by atoms with Crippen LogP contribution < -0.4 is 10.1 Å². The molecule has 5 heteroatoms. The average Bonchev–Trinajstić information content (AvgIpc) is 2.23. The molecule has 0 radical (unpaired) electrons. The number of carboxylic acids is 1. The van der Waals surface area contributed by atoms with E-state index in [0.29, 0.717) is 17.3 Å². The van der Waals surface area contributed by atoms with Crippen LogP contribution in [0.2, 0.25) is 5.02 Å². The fourth-order valence-corrected chi connectivity index (χ4v) is 1.47. The molecule has 0 amide bonds. The Morgan fingerprint density at radius 3 is 2.88 bits per heavy atom. The van der Waals surface area contributed by atoms with Crippen molar-refractivity contribution in [3.05, 3.63) is 28.8 Å². The molecule has 1 aromatic carbocycles. The first-order valence-electron chi connectivity index (χ1n) is 4.87. The van der Waals surface area contributed by atoms with Crippen molar-refractivity contribution in [1.29, 1.82) is 0 Å². The van der Waals surface area contributed by atoms with Crippen molar-refractivity contribution < 1.29 is 14.6 Å². The summed E-state index contributed by atoms with van der Waals surface area (Å²) in [6.45, 7) is 2.01. The molecule has 16 heavy (non-hydrogen) atoms. The topological polar surface area (TPSA) is 58.6 Å². The monoisotopic (exact) mass is 243 g/mol. The molecule has 1 unspecified atom stereocenters. The number of aliphatic carboxylic acids is 1. The molecule has 0 fully saturated rings. The zero-order valence-corrected chi connectivity index (χ0v) is 9.91. The Labute approximate surface area is 99.2 Å². The van der Waals surface area contributed by atoms with E-state index >= 15 is 0 Å². The highest BCUT2D eigenvalue weighted by atomic mass is 35.5. The molecule has 0 bridgehead atoms. The van der Waals surface area contributed by atoms with Crippen molar-refractivity contribution in [2.45, 2.75) is 19.6 Å². The van der Waals surface area contributed by atoms with Crippen molar-refractivity contribution in [2.75, 3.05) is 7.05 Å². The summed E-state index contributed by atoms with van der Waals surface area (Å²) in [7, 11) is 1.79. The molecule has 0 saturated carbocycles. The van der Waals surface area contributed by atoms with Gasteiger partial charge < -0.3 is 15.2 Å². The molecule has 4 nitrogen and oxygen atoms in total. The number of ether oxygens (including phenoxy) is 1. The predicted molar refractivity (Wildman–Crippen MR) is 61.9 cm³/mol. The van der Waals surface area contributed by atoms with Gasteiger partial charge >= 0.3 is 5.97 Å². The summed E-state index contributed by atoms with van der Waals surface area (Å²) in [5.74, 6) is -0.507. The average molecular weight is 244 g/mol. The summed E-state index contributed by atoms with van der Waals surface area (Å²) in [6.07, 6.45) is -0.894. The summed E-state index contributed by atoms with van der Waals surface area (Å²) in [4.78, 5) is 10.7. The van der Waals surface area contributed by atoms with Crippen molar-refractivity contribution in [3.63, 3.8) is 0 Å². The minimum absolute atomic E-state index is 0.497. The van der Waals surface area contributed by atoms with E-state index in [0.717, 1.165) is 5.56 Å². The third-order valence-corrected chi connectivity index (χ3v) is 2.44. The first-order chi connectivity index (χ1) is 7.56. The molecule has 1 atom stereocenters. The van der Waals surface area contributed by atoms with Crippen LogP contribution in [0.15, 0.2) is 18.2 Å². The van der Waals surface area contributed by atoms with Gasteiger partial charge in [0.1, 0.15) is 5.75 Å². The third-order valence-electron chi connectivity index (χ3n) is 2.08. The maximum absolute atomic E-state index is 10.7. The third kappa shape index (κ3) is 3.12. The number of rotatable bonds is 5. The van der Waals surface area contributed by atoms with Gasteiger partial charge in [0.2, 0.25) is 0 Å². The molecule has 0 saturated heterocycles. The number of carbonyl (C=O) groups is 1. The summed E-state index contributed by atoms with van der Waals surface area (Å²) in [6, 6.07) is 5.18.